The van der Waals surface area contributed by atoms with Crippen LogP contribution in [0.5, 0.6) is 5.75 Å². The topological polar surface area (TPSA) is 86.6 Å². The van der Waals surface area contributed by atoms with E-state index < -0.39 is 17.4 Å². The molecule has 0 saturated carbocycles. The average molecular weight is 517 g/mol. The summed E-state index contributed by atoms with van der Waals surface area (Å²) in [5, 5.41) is 3.07. The Bertz CT molecular complexity index is 1430. The maximum Gasteiger partial charge on any atom is 0.336 e. The molecular weight excluding hydrogens is 492 g/mol. The lowest BCUT2D eigenvalue weighted by Crippen LogP contribution is -2.54. The molecule has 0 spiro atoms. The fourth-order valence-corrected chi connectivity index (χ4v) is 4.60. The molecule has 0 aliphatic rings. The highest BCUT2D eigenvalue weighted by Gasteiger charge is 2.45. The van der Waals surface area contributed by atoms with Crippen molar-refractivity contribution < 1.29 is 23.9 Å². The van der Waals surface area contributed by atoms with Crippen molar-refractivity contribution in [3.05, 3.63) is 119 Å². The Morgan fingerprint density at radius 2 is 1.70 bits per heavy atom. The van der Waals surface area contributed by atoms with Gasteiger partial charge in [-0.2, -0.15) is 0 Å². The van der Waals surface area contributed by atoms with E-state index in [1.807, 2.05) is 30.3 Å². The normalized spacial score (nSPS) is 12.3. The molecule has 0 unspecified atom stereocenters. The van der Waals surface area contributed by atoms with E-state index in [1.165, 1.54) is 14.2 Å². The van der Waals surface area contributed by atoms with E-state index >= 15 is 0 Å². The van der Waals surface area contributed by atoms with Gasteiger partial charge < -0.3 is 19.4 Å². The highest BCUT2D eigenvalue weighted by molar-refractivity contribution is 6.34. The Hall–Kier alpha value is -4.36. The van der Waals surface area contributed by atoms with Crippen LogP contribution >= 0.6 is 11.6 Å². The van der Waals surface area contributed by atoms with E-state index in [-0.39, 0.29) is 17.0 Å². The third-order valence-electron chi connectivity index (χ3n) is 6.12. The van der Waals surface area contributed by atoms with Crippen LogP contribution in [0.15, 0.2) is 91.1 Å². The summed E-state index contributed by atoms with van der Waals surface area (Å²) in [7, 11) is 2.77. The molecule has 1 aromatic heterocycles. The lowest BCUT2D eigenvalue weighted by atomic mass is 9.82. The Labute approximate surface area is 219 Å². The summed E-state index contributed by atoms with van der Waals surface area (Å²) in [5.74, 6) is -0.823. The molecule has 3 aromatic carbocycles. The number of halogens is 1. The molecule has 0 aliphatic carbocycles. The number of rotatable bonds is 9. The van der Waals surface area contributed by atoms with Crippen LogP contribution in [0.25, 0.3) is 5.69 Å². The van der Waals surface area contributed by atoms with E-state index in [2.05, 4.69) is 5.32 Å². The first-order valence-electron chi connectivity index (χ1n) is 11.4. The first-order chi connectivity index (χ1) is 17.9. The number of methoxy groups -OCH3 is 2. The van der Waals surface area contributed by atoms with Crippen molar-refractivity contribution in [2.24, 2.45) is 0 Å². The van der Waals surface area contributed by atoms with Crippen molar-refractivity contribution in [3.63, 3.8) is 0 Å². The molecule has 0 saturated heterocycles. The molecule has 4 aromatic rings. The van der Waals surface area contributed by atoms with Gasteiger partial charge >= 0.3 is 5.97 Å². The first-order valence-corrected chi connectivity index (χ1v) is 11.8. The minimum absolute atomic E-state index is 0.106. The zero-order chi connectivity index (χ0) is 26.4. The molecule has 0 bridgehead atoms. The second-order valence-electron chi connectivity index (χ2n) is 8.30. The molecule has 188 valence electrons. The zero-order valence-electron chi connectivity index (χ0n) is 20.3. The van der Waals surface area contributed by atoms with Gasteiger partial charge in [-0.15, -0.1) is 0 Å². The number of carbonyl (C=O) groups is 3. The third kappa shape index (κ3) is 5.13. The number of esters is 1. The molecule has 0 aliphatic heterocycles. The second kappa shape index (κ2) is 11.1. The molecule has 8 heteroatoms. The van der Waals surface area contributed by atoms with E-state index in [0.717, 1.165) is 11.8 Å². The lowest BCUT2D eigenvalue weighted by Gasteiger charge is -2.34. The zero-order valence-corrected chi connectivity index (χ0v) is 21.1. The van der Waals surface area contributed by atoms with Crippen molar-refractivity contribution in [3.8, 4) is 11.4 Å². The minimum Gasteiger partial charge on any atom is -0.496 e. The number of nitrogens with zero attached hydrogens (tertiary/aromatic N) is 1. The summed E-state index contributed by atoms with van der Waals surface area (Å²) in [6, 6.07) is 24.5. The van der Waals surface area contributed by atoms with Gasteiger partial charge in [-0.3, -0.25) is 9.59 Å². The average Bonchev–Trinajstić information content (AvgIpc) is 3.41. The van der Waals surface area contributed by atoms with Crippen molar-refractivity contribution in [1.29, 1.82) is 0 Å². The summed E-state index contributed by atoms with van der Waals surface area (Å²) in [6.07, 6.45) is 2.56. The first kappa shape index (κ1) is 25.7. The Kier molecular flexibility index (Phi) is 7.74. The smallest absolute Gasteiger partial charge is 0.336 e. The summed E-state index contributed by atoms with van der Waals surface area (Å²) < 4.78 is 12.4. The molecule has 0 radical (unpaired) electrons. The fraction of sp³-hybridized carbons (Fsp3) is 0.138. The van der Waals surface area contributed by atoms with Crippen LogP contribution in [0.2, 0.25) is 5.02 Å². The summed E-state index contributed by atoms with van der Waals surface area (Å²) in [6.45, 7) is 0. The summed E-state index contributed by atoms with van der Waals surface area (Å²) >= 11 is 6.54. The minimum atomic E-state index is -1.62. The van der Waals surface area contributed by atoms with Gasteiger partial charge in [-0.25, -0.2) is 4.79 Å². The molecule has 0 fully saturated rings. The van der Waals surface area contributed by atoms with Crippen LogP contribution in [-0.4, -0.2) is 36.9 Å². The maximum atomic E-state index is 13.7. The number of hydrogen-bond donors (Lipinski definition) is 1. The van der Waals surface area contributed by atoms with Crippen LogP contribution in [0, 0.1) is 0 Å². The van der Waals surface area contributed by atoms with E-state index in [9.17, 15) is 14.4 Å². The lowest BCUT2D eigenvalue weighted by molar-refractivity contribution is -0.148. The summed E-state index contributed by atoms with van der Waals surface area (Å²) in [4.78, 5) is 38.5. The van der Waals surface area contributed by atoms with E-state index in [1.54, 1.807) is 65.4 Å². The molecule has 7 nitrogen and oxygen atoms in total. The number of nitrogens with one attached hydrogen (secondary N) is 1. The van der Waals surface area contributed by atoms with Gasteiger partial charge in [0.25, 0.3) is 5.91 Å². The molecule has 4 rings (SSSR count). The predicted octanol–water partition coefficient (Wildman–Crippen LogP) is 4.99. The number of aldehydes is 1. The predicted molar refractivity (Wildman–Crippen MR) is 140 cm³/mol. The third-order valence-corrected chi connectivity index (χ3v) is 6.43. The van der Waals surface area contributed by atoms with Gasteiger partial charge in [-0.05, 0) is 42.0 Å². The van der Waals surface area contributed by atoms with Gasteiger partial charge in [-0.1, -0.05) is 60.1 Å². The van der Waals surface area contributed by atoms with Crippen LogP contribution in [0.4, 0.5) is 0 Å². The molecule has 1 N–H and O–H groups in total. The van der Waals surface area contributed by atoms with Crippen molar-refractivity contribution in [1.82, 2.24) is 9.88 Å². The fourth-order valence-electron chi connectivity index (χ4n) is 4.34. The van der Waals surface area contributed by atoms with Crippen LogP contribution < -0.4 is 10.1 Å². The van der Waals surface area contributed by atoms with E-state index in [0.29, 0.717) is 22.7 Å². The maximum absolute atomic E-state index is 13.7. The Balaban J connectivity index is 1.80. The van der Waals surface area contributed by atoms with Crippen LogP contribution in [0.1, 0.15) is 32.0 Å². The van der Waals surface area contributed by atoms with Gasteiger partial charge in [0, 0.05) is 23.9 Å². The number of benzene rings is 3. The van der Waals surface area contributed by atoms with Gasteiger partial charge in [0.1, 0.15) is 5.75 Å². The number of amides is 1. The highest BCUT2D eigenvalue weighted by atomic mass is 35.5. The van der Waals surface area contributed by atoms with Crippen molar-refractivity contribution in [2.45, 2.75) is 12.0 Å². The van der Waals surface area contributed by atoms with Gasteiger partial charge in [0.15, 0.2) is 11.8 Å². The largest absolute Gasteiger partial charge is 0.496 e. The number of carbonyl (C=O) groups excluding carboxylic acids is 3. The molecule has 1 heterocycles. The number of aromatic nitrogens is 1. The van der Waals surface area contributed by atoms with Crippen molar-refractivity contribution >= 4 is 29.8 Å². The summed E-state index contributed by atoms with van der Waals surface area (Å²) in [5.41, 5.74) is 0.833. The molecule has 37 heavy (non-hydrogen) atoms. The SMILES string of the molecule is COC(=O)[C@](Cc1ccccc1)(NC(=O)c1ccc(-n2cccc2C=O)cc1Cl)c1ccccc1OC. The molecule has 1 amide bonds. The number of para-hydroxylation sites is 1. The Morgan fingerprint density at radius 3 is 2.38 bits per heavy atom. The second-order valence-corrected chi connectivity index (χ2v) is 8.71. The van der Waals surface area contributed by atoms with Crippen LogP contribution in [-0.2, 0) is 21.5 Å². The number of hydrogen-bond acceptors (Lipinski definition) is 5. The standard InChI is InChI=1S/C29H25ClN2O5/c1-36-26-13-7-6-12-24(26)29(28(35)37-2,18-20-9-4-3-5-10-20)31-27(34)23-15-14-21(17-25(23)30)32-16-8-11-22(32)19-33/h3-17,19H,18H2,1-2H3,(H,31,34)/t29-/m1/s1. The van der Waals surface area contributed by atoms with Crippen LogP contribution in [0.3, 0.4) is 0 Å². The highest BCUT2D eigenvalue weighted by Crippen LogP contribution is 2.35. The molecule has 1 atom stereocenters. The number of ether oxygens (including phenoxy) is 2. The van der Waals surface area contributed by atoms with Gasteiger partial charge in [0.05, 0.1) is 30.5 Å². The van der Waals surface area contributed by atoms with Crippen molar-refractivity contribution in [2.75, 3.05) is 14.2 Å². The monoisotopic (exact) mass is 516 g/mol. The quantitative estimate of drug-likeness (QED) is 0.250. The van der Waals surface area contributed by atoms with Gasteiger partial charge in [0.2, 0.25) is 0 Å². The molecular formula is C29H25ClN2O5. The Morgan fingerprint density at radius 1 is 0.973 bits per heavy atom. The van der Waals surface area contributed by atoms with E-state index in [4.69, 9.17) is 21.1 Å².